The fourth-order valence-electron chi connectivity index (χ4n) is 4.78. The fourth-order valence-corrected chi connectivity index (χ4v) is 5.48. The van der Waals surface area contributed by atoms with E-state index in [0.29, 0.717) is 24.7 Å². The topological polar surface area (TPSA) is 60.0 Å². The Morgan fingerprint density at radius 1 is 1.19 bits per heavy atom. The molecule has 5 nitrogen and oxygen atoms in total. The number of hydrogen-bond donors (Lipinski definition) is 2. The summed E-state index contributed by atoms with van der Waals surface area (Å²) < 4.78 is 17.6. The molecule has 2 aliphatic heterocycles. The Hall–Kier alpha value is -3.09. The minimum Gasteiger partial charge on any atom is -0.504 e. The van der Waals surface area contributed by atoms with Crippen LogP contribution in [0.4, 0.5) is 5.69 Å². The molecule has 2 N–H and O–H groups in total. The van der Waals surface area contributed by atoms with Crippen molar-refractivity contribution >= 4 is 28.8 Å². The first-order chi connectivity index (χ1) is 17.3. The Balaban J connectivity index is 1.75. The summed E-state index contributed by atoms with van der Waals surface area (Å²) in [6.07, 6.45) is 9.16. The monoisotopic (exact) mass is 505 g/mol. The fraction of sp³-hybridized carbons (Fsp3) is 0.333. The number of anilines is 1. The molecule has 0 radical (unpaired) electrons. The van der Waals surface area contributed by atoms with Crippen molar-refractivity contribution in [2.24, 2.45) is 0 Å². The van der Waals surface area contributed by atoms with Crippen LogP contribution in [0.5, 0.6) is 17.2 Å². The second-order valence-corrected chi connectivity index (χ2v) is 10.9. The van der Waals surface area contributed by atoms with Crippen LogP contribution in [0, 0.1) is 0 Å². The first-order valence-corrected chi connectivity index (χ1v) is 13.1. The number of aromatic hydroxyl groups is 1. The standard InChI is InChI=1S/C30H35NO4S/c1-7-14-34-15-8-9-16-36-20(3)17-25-27-21(28-24(35-25)13-12-23(32)29(28)33-6)10-11-22-26(27)19(2)18-30(4,5)31-22/h7,9-13,16-18,20,31-32H,1,8,14-15H2,2-6H3/b16-9-,25-17-. The van der Waals surface area contributed by atoms with Crippen molar-refractivity contribution in [2.45, 2.75) is 44.9 Å². The van der Waals surface area contributed by atoms with E-state index in [-0.39, 0.29) is 16.5 Å². The van der Waals surface area contributed by atoms with Gasteiger partial charge in [0.05, 0.1) is 31.4 Å². The lowest BCUT2D eigenvalue weighted by atomic mass is 9.83. The zero-order valence-corrected chi connectivity index (χ0v) is 22.5. The van der Waals surface area contributed by atoms with E-state index in [2.05, 4.69) is 75.4 Å². The Labute approximate surface area is 218 Å². The van der Waals surface area contributed by atoms with E-state index in [9.17, 15) is 5.11 Å². The van der Waals surface area contributed by atoms with Gasteiger partial charge in [-0.05, 0) is 69.4 Å². The first kappa shape index (κ1) is 26.0. The van der Waals surface area contributed by atoms with Crippen molar-refractivity contribution in [3.05, 3.63) is 71.7 Å². The van der Waals surface area contributed by atoms with Crippen molar-refractivity contribution in [2.75, 3.05) is 25.6 Å². The van der Waals surface area contributed by atoms with Gasteiger partial charge in [-0.1, -0.05) is 24.3 Å². The van der Waals surface area contributed by atoms with Gasteiger partial charge < -0.3 is 24.6 Å². The van der Waals surface area contributed by atoms with Crippen LogP contribution in [-0.4, -0.2) is 36.2 Å². The molecule has 1 unspecified atom stereocenters. The molecule has 190 valence electrons. The summed E-state index contributed by atoms with van der Waals surface area (Å²) in [6.45, 7) is 13.6. The number of allylic oxidation sites excluding steroid dienone is 1. The lowest BCUT2D eigenvalue weighted by molar-refractivity contribution is 0.168. The molecule has 2 aliphatic rings. The number of nitrogens with one attached hydrogen (secondary N) is 1. The van der Waals surface area contributed by atoms with E-state index < -0.39 is 0 Å². The van der Waals surface area contributed by atoms with E-state index in [1.54, 1.807) is 37.1 Å². The highest BCUT2D eigenvalue weighted by Crippen LogP contribution is 2.53. The number of phenols is 1. The molecule has 36 heavy (non-hydrogen) atoms. The van der Waals surface area contributed by atoms with Crippen molar-refractivity contribution in [1.82, 2.24) is 0 Å². The molecular weight excluding hydrogens is 470 g/mol. The number of ether oxygens (including phenoxy) is 3. The van der Waals surface area contributed by atoms with Crippen LogP contribution in [-0.2, 0) is 4.74 Å². The number of phenolic OH excluding ortho intramolecular Hbond substituents is 1. The van der Waals surface area contributed by atoms with Crippen molar-refractivity contribution in [1.29, 1.82) is 0 Å². The molecule has 0 saturated heterocycles. The van der Waals surface area contributed by atoms with E-state index in [4.69, 9.17) is 14.2 Å². The lowest BCUT2D eigenvalue weighted by Crippen LogP contribution is -2.32. The molecule has 0 aromatic heterocycles. The predicted molar refractivity (Wildman–Crippen MR) is 152 cm³/mol. The molecule has 2 heterocycles. The second-order valence-electron chi connectivity index (χ2n) is 9.57. The smallest absolute Gasteiger partial charge is 0.172 e. The predicted octanol–water partition coefficient (Wildman–Crippen LogP) is 7.64. The van der Waals surface area contributed by atoms with E-state index in [0.717, 1.165) is 40.1 Å². The van der Waals surface area contributed by atoms with E-state index >= 15 is 0 Å². The third-order valence-corrected chi connectivity index (χ3v) is 7.03. The van der Waals surface area contributed by atoms with Gasteiger partial charge in [0.1, 0.15) is 11.5 Å². The minimum atomic E-state index is -0.151. The highest BCUT2D eigenvalue weighted by atomic mass is 32.2. The zero-order chi connectivity index (χ0) is 25.9. The molecule has 0 amide bonds. The largest absolute Gasteiger partial charge is 0.504 e. The quantitative estimate of drug-likeness (QED) is 0.270. The van der Waals surface area contributed by atoms with Gasteiger partial charge in [-0.2, -0.15) is 0 Å². The van der Waals surface area contributed by atoms with Gasteiger partial charge in [0, 0.05) is 27.6 Å². The van der Waals surface area contributed by atoms with Gasteiger partial charge in [-0.15, -0.1) is 18.3 Å². The van der Waals surface area contributed by atoms with Crippen molar-refractivity contribution in [3.63, 3.8) is 0 Å². The zero-order valence-electron chi connectivity index (χ0n) is 21.7. The molecule has 6 heteroatoms. The highest BCUT2D eigenvalue weighted by Gasteiger charge is 2.33. The average Bonchev–Trinajstić information content (AvgIpc) is 2.82. The molecule has 1 atom stereocenters. The Bertz CT molecular complexity index is 1240. The Morgan fingerprint density at radius 3 is 2.75 bits per heavy atom. The molecule has 2 aromatic carbocycles. The summed E-state index contributed by atoms with van der Waals surface area (Å²) >= 11 is 1.73. The molecule has 0 spiro atoms. The number of rotatable bonds is 9. The number of methoxy groups -OCH3 is 1. The summed E-state index contributed by atoms with van der Waals surface area (Å²) in [4.78, 5) is 0. The first-order valence-electron chi connectivity index (χ1n) is 12.2. The van der Waals surface area contributed by atoms with Gasteiger partial charge in [0.2, 0.25) is 0 Å². The molecular formula is C30H35NO4S. The highest BCUT2D eigenvalue weighted by molar-refractivity contribution is 8.02. The molecule has 2 aromatic rings. The van der Waals surface area contributed by atoms with Gasteiger partial charge in [0.15, 0.2) is 11.5 Å². The maximum absolute atomic E-state index is 10.5. The molecule has 0 saturated carbocycles. The lowest BCUT2D eigenvalue weighted by Gasteiger charge is -2.35. The van der Waals surface area contributed by atoms with Crippen LogP contribution < -0.4 is 14.8 Å². The van der Waals surface area contributed by atoms with Crippen LogP contribution in [0.25, 0.3) is 22.5 Å². The Kier molecular flexibility index (Phi) is 7.86. The molecule has 0 fully saturated rings. The van der Waals surface area contributed by atoms with Crippen LogP contribution in [0.1, 0.15) is 45.2 Å². The van der Waals surface area contributed by atoms with Gasteiger partial charge in [0.25, 0.3) is 0 Å². The van der Waals surface area contributed by atoms with Gasteiger partial charge in [-0.25, -0.2) is 0 Å². The van der Waals surface area contributed by atoms with Gasteiger partial charge >= 0.3 is 0 Å². The number of hydrogen-bond acceptors (Lipinski definition) is 6. The summed E-state index contributed by atoms with van der Waals surface area (Å²) in [5.41, 5.74) is 5.97. The maximum atomic E-state index is 10.5. The van der Waals surface area contributed by atoms with E-state index in [1.165, 1.54) is 5.57 Å². The number of fused-ring (bicyclic) bond motifs is 5. The third-order valence-electron chi connectivity index (χ3n) is 6.11. The molecule has 0 bridgehead atoms. The summed E-state index contributed by atoms with van der Waals surface area (Å²) in [5.74, 6) is 1.98. The number of thioether (sulfide) groups is 1. The van der Waals surface area contributed by atoms with Crippen molar-refractivity contribution in [3.8, 4) is 28.4 Å². The van der Waals surface area contributed by atoms with Crippen LogP contribution in [0.3, 0.4) is 0 Å². The molecule has 0 aliphatic carbocycles. The van der Waals surface area contributed by atoms with Crippen LogP contribution in [0.2, 0.25) is 0 Å². The van der Waals surface area contributed by atoms with E-state index in [1.807, 2.05) is 0 Å². The number of benzene rings is 2. The maximum Gasteiger partial charge on any atom is 0.172 e. The minimum absolute atomic E-state index is 0.0913. The van der Waals surface area contributed by atoms with Gasteiger partial charge in [-0.3, -0.25) is 0 Å². The van der Waals surface area contributed by atoms with Crippen molar-refractivity contribution < 1.29 is 19.3 Å². The van der Waals surface area contributed by atoms with Crippen LogP contribution in [0.15, 0.2) is 60.6 Å². The third kappa shape index (κ3) is 5.35. The summed E-state index contributed by atoms with van der Waals surface area (Å²) in [7, 11) is 1.57. The summed E-state index contributed by atoms with van der Waals surface area (Å²) in [6, 6.07) is 7.61. The Morgan fingerprint density at radius 2 is 2.00 bits per heavy atom. The second kappa shape index (κ2) is 10.9. The SMILES string of the molecule is C=CCOCC/C=C\SC(C)/C=C1\Oc2ccc(O)c(OC)c2-c2ccc3c(c21)C(C)=CC(C)(C)N3. The normalized spacial score (nSPS) is 17.4. The van der Waals surface area contributed by atoms with Crippen LogP contribution >= 0.6 is 11.8 Å². The summed E-state index contributed by atoms with van der Waals surface area (Å²) in [5, 5.41) is 16.4. The average molecular weight is 506 g/mol. The molecule has 4 rings (SSSR count).